The van der Waals surface area contributed by atoms with Gasteiger partial charge in [-0.25, -0.2) is 0 Å². The average Bonchev–Trinajstić information content (AvgIpc) is 3.05. The monoisotopic (exact) mass is 674 g/mol. The summed E-state index contributed by atoms with van der Waals surface area (Å²) >= 11 is 0. The van der Waals surface area contributed by atoms with Gasteiger partial charge in [0.2, 0.25) is 0 Å². The van der Waals surface area contributed by atoms with Crippen LogP contribution >= 0.6 is 0 Å². The molecule has 0 aromatic heterocycles. The maximum Gasteiger partial charge on any atom is 0.308 e. The molecule has 48 heavy (non-hydrogen) atoms. The fourth-order valence-corrected chi connectivity index (χ4v) is 6.80. The minimum Gasteiger partial charge on any atom is -0.497 e. The minimum atomic E-state index is -0.976. The fraction of sp³-hybridized carbons (Fsp3) is 0.718. The van der Waals surface area contributed by atoms with Crippen molar-refractivity contribution in [2.45, 2.75) is 136 Å². The van der Waals surface area contributed by atoms with Crippen molar-refractivity contribution in [1.29, 1.82) is 0 Å². The van der Waals surface area contributed by atoms with Crippen LogP contribution in [0.2, 0.25) is 0 Å². The summed E-state index contributed by atoms with van der Waals surface area (Å²) in [4.78, 5) is 13.4. The molecule has 0 unspecified atom stereocenters. The number of aliphatic hydroxyl groups excluding tert-OH is 2. The van der Waals surface area contributed by atoms with Crippen molar-refractivity contribution in [2.24, 2.45) is 23.7 Å². The van der Waals surface area contributed by atoms with E-state index in [1.807, 2.05) is 52.0 Å². The van der Waals surface area contributed by atoms with E-state index < -0.39 is 30.1 Å². The van der Waals surface area contributed by atoms with Crippen molar-refractivity contribution < 1.29 is 43.4 Å². The Kier molecular flexibility index (Phi) is 16.6. The molecule has 0 saturated carbocycles. The van der Waals surface area contributed by atoms with E-state index in [1.54, 1.807) is 14.2 Å². The number of ether oxygens (including phenoxy) is 6. The smallest absolute Gasteiger partial charge is 0.308 e. The molecule has 1 aromatic rings. The van der Waals surface area contributed by atoms with Gasteiger partial charge in [-0.05, 0) is 69.6 Å². The molecule has 2 heterocycles. The molecular formula is C39H62O9. The van der Waals surface area contributed by atoms with E-state index in [-0.39, 0.29) is 54.8 Å². The van der Waals surface area contributed by atoms with Gasteiger partial charge in [0.15, 0.2) is 5.79 Å². The zero-order valence-corrected chi connectivity index (χ0v) is 30.5. The number of hydrogen-bond acceptors (Lipinski definition) is 9. The summed E-state index contributed by atoms with van der Waals surface area (Å²) in [6.07, 6.45) is 9.71. The van der Waals surface area contributed by atoms with Crippen LogP contribution in [-0.4, -0.2) is 79.4 Å². The normalized spacial score (nSPS) is 34.9. The number of hydrogen-bond donors (Lipinski definition) is 2. The summed E-state index contributed by atoms with van der Waals surface area (Å²) in [6.45, 7) is 12.7. The summed E-state index contributed by atoms with van der Waals surface area (Å²) < 4.78 is 35.8. The zero-order chi connectivity index (χ0) is 35.3. The maximum atomic E-state index is 13.4. The number of benzene rings is 1. The van der Waals surface area contributed by atoms with Crippen molar-refractivity contribution in [2.75, 3.05) is 20.8 Å². The lowest BCUT2D eigenvalue weighted by atomic mass is 9.79. The topological polar surface area (TPSA) is 113 Å². The van der Waals surface area contributed by atoms with E-state index in [0.717, 1.165) is 37.0 Å². The Morgan fingerprint density at radius 1 is 0.938 bits per heavy atom. The van der Waals surface area contributed by atoms with Gasteiger partial charge in [-0.2, -0.15) is 0 Å². The molecular weight excluding hydrogens is 612 g/mol. The van der Waals surface area contributed by atoms with Gasteiger partial charge in [-0.15, -0.1) is 0 Å². The van der Waals surface area contributed by atoms with Crippen LogP contribution in [0.3, 0.4) is 0 Å². The van der Waals surface area contributed by atoms with E-state index >= 15 is 0 Å². The molecule has 1 saturated heterocycles. The van der Waals surface area contributed by atoms with Gasteiger partial charge in [0.1, 0.15) is 11.9 Å². The lowest BCUT2D eigenvalue weighted by Gasteiger charge is -2.49. The highest BCUT2D eigenvalue weighted by molar-refractivity contribution is 5.70. The SMILES string of the molecule is COc1ccc(COC[C@@H](C)[C@@H]2C[C@H](O)CCC[C@H](OC)C/C=C\C=C\C[C@H](C)[C@H]3OC(C)(C)O[C@H]([C@H]3C)[C@H](C)[C@H](O)CC(=O)O2)cc1. The molecule has 0 spiro atoms. The first kappa shape index (κ1) is 40.2. The van der Waals surface area contributed by atoms with Crippen LogP contribution in [0.5, 0.6) is 5.75 Å². The van der Waals surface area contributed by atoms with E-state index in [4.69, 9.17) is 28.4 Å². The molecule has 9 heteroatoms. The molecule has 2 bridgehead atoms. The van der Waals surface area contributed by atoms with Gasteiger partial charge in [-0.3, -0.25) is 4.79 Å². The van der Waals surface area contributed by atoms with Crippen LogP contribution in [0.25, 0.3) is 0 Å². The molecule has 272 valence electrons. The number of aliphatic hydroxyl groups is 2. The summed E-state index contributed by atoms with van der Waals surface area (Å²) in [5.74, 6) is -0.882. The Balaban J connectivity index is 1.76. The molecule has 0 amide bonds. The van der Waals surface area contributed by atoms with E-state index in [0.29, 0.717) is 19.6 Å². The van der Waals surface area contributed by atoms with Crippen LogP contribution in [0.4, 0.5) is 0 Å². The molecule has 1 fully saturated rings. The average molecular weight is 675 g/mol. The Bertz CT molecular complexity index is 1130. The number of carbonyl (C=O) groups excluding carboxylic acids is 1. The van der Waals surface area contributed by atoms with E-state index in [2.05, 4.69) is 38.2 Å². The van der Waals surface area contributed by atoms with Gasteiger partial charge in [-0.1, -0.05) is 64.1 Å². The third-order valence-corrected chi connectivity index (χ3v) is 9.86. The van der Waals surface area contributed by atoms with Crippen LogP contribution < -0.4 is 4.74 Å². The lowest BCUT2D eigenvalue weighted by Crippen LogP contribution is -2.55. The highest BCUT2D eigenvalue weighted by atomic mass is 16.7. The van der Waals surface area contributed by atoms with Gasteiger partial charge in [0.25, 0.3) is 0 Å². The minimum absolute atomic E-state index is 0.0104. The van der Waals surface area contributed by atoms with Gasteiger partial charge in [0, 0.05) is 31.3 Å². The molecule has 2 aliphatic heterocycles. The van der Waals surface area contributed by atoms with E-state index in [1.165, 1.54) is 0 Å². The molecule has 2 N–H and O–H groups in total. The standard InChI is InChI=1S/C39H62O9/c1-26-14-11-9-10-12-16-32(43-7)17-13-15-31(40)22-35(27(2)24-45-25-30-18-20-33(44-8)21-19-30)46-36(42)23-34(41)28(3)38-29(4)37(26)47-39(5,6)48-38/h9-12,18-21,26-29,31-32,34-35,37-38,40-41H,13-17,22-25H2,1-8H3/b11-9+,12-10-/t26-,27+,28+,29-,31+,32+,34+,35-,37+,38-/m0/s1. The Labute approximate surface area is 289 Å². The summed E-state index contributed by atoms with van der Waals surface area (Å²) in [5.41, 5.74) is 1.00. The number of fused-ring (bicyclic) bond motifs is 2. The van der Waals surface area contributed by atoms with Gasteiger partial charge < -0.3 is 38.6 Å². The summed E-state index contributed by atoms with van der Waals surface area (Å²) in [7, 11) is 3.35. The van der Waals surface area contributed by atoms with Crippen molar-refractivity contribution >= 4 is 5.97 Å². The van der Waals surface area contributed by atoms with Crippen molar-refractivity contribution in [3.8, 4) is 5.75 Å². The third-order valence-electron chi connectivity index (χ3n) is 9.86. The van der Waals surface area contributed by atoms with Gasteiger partial charge in [0.05, 0.1) is 57.3 Å². The van der Waals surface area contributed by atoms with Crippen molar-refractivity contribution in [3.05, 3.63) is 54.1 Å². The van der Waals surface area contributed by atoms with Crippen molar-refractivity contribution in [3.63, 3.8) is 0 Å². The second kappa shape index (κ2) is 19.8. The number of cyclic esters (lactones) is 1. The highest BCUT2D eigenvalue weighted by Crippen LogP contribution is 2.39. The highest BCUT2D eigenvalue weighted by Gasteiger charge is 2.46. The molecule has 1 aromatic carbocycles. The predicted octanol–water partition coefficient (Wildman–Crippen LogP) is 6.78. The van der Waals surface area contributed by atoms with E-state index in [9.17, 15) is 15.0 Å². The predicted molar refractivity (Wildman–Crippen MR) is 186 cm³/mol. The number of carbonyl (C=O) groups is 1. The van der Waals surface area contributed by atoms with Gasteiger partial charge >= 0.3 is 5.97 Å². The molecule has 3 rings (SSSR count). The van der Waals surface area contributed by atoms with Crippen LogP contribution in [-0.2, 0) is 35.1 Å². The third kappa shape index (κ3) is 12.9. The summed E-state index contributed by atoms with van der Waals surface area (Å²) in [6, 6.07) is 7.68. The maximum absolute atomic E-state index is 13.4. The molecule has 2 aliphatic rings. The fourth-order valence-electron chi connectivity index (χ4n) is 6.80. The quantitative estimate of drug-likeness (QED) is 0.302. The number of esters is 1. The molecule has 9 nitrogen and oxygen atoms in total. The lowest BCUT2D eigenvalue weighted by molar-refractivity contribution is -0.337. The Morgan fingerprint density at radius 3 is 2.27 bits per heavy atom. The number of methoxy groups -OCH3 is 2. The van der Waals surface area contributed by atoms with Crippen LogP contribution in [0.15, 0.2) is 48.6 Å². The number of rotatable bonds is 7. The second-order valence-electron chi connectivity index (χ2n) is 14.4. The molecule has 10 atom stereocenters. The first-order valence-corrected chi connectivity index (χ1v) is 17.8. The Hall–Kier alpha value is -2.27. The number of allylic oxidation sites excluding steroid dienone is 3. The zero-order valence-electron chi connectivity index (χ0n) is 30.5. The Morgan fingerprint density at radius 2 is 1.60 bits per heavy atom. The summed E-state index contributed by atoms with van der Waals surface area (Å²) in [5, 5.41) is 22.4. The van der Waals surface area contributed by atoms with Crippen LogP contribution in [0.1, 0.15) is 92.1 Å². The molecule has 0 radical (unpaired) electrons. The first-order valence-electron chi connectivity index (χ1n) is 17.8. The van der Waals surface area contributed by atoms with Crippen LogP contribution in [0, 0.1) is 23.7 Å². The largest absolute Gasteiger partial charge is 0.497 e. The van der Waals surface area contributed by atoms with Crippen molar-refractivity contribution in [1.82, 2.24) is 0 Å². The second-order valence-corrected chi connectivity index (χ2v) is 14.4. The first-order chi connectivity index (χ1) is 22.8. The molecule has 0 aliphatic carbocycles.